The van der Waals surface area contributed by atoms with E-state index in [0.29, 0.717) is 0 Å². The van der Waals surface area contributed by atoms with Gasteiger partial charge in [-0.25, -0.2) is 0 Å². The standard InChI is InChI=1S/C60H38/c1-2-18-40(19-3-1)59-52-28-12-14-30-54(52)60(55-31-15-13-29-53(55)59)43-34-33-42-35-44(47-32-16-21-39-17-4-6-22-45(39)47)38-58(56(42)37-43)51-27-11-10-26-50(51)57-36-41-20-5-7-23-46(41)48-24-8-9-25-49(48)57/h1-38H. The lowest BCUT2D eigenvalue weighted by molar-refractivity contribution is 1.61. The molecule has 0 heterocycles. The molecule has 0 amide bonds. The highest BCUT2D eigenvalue weighted by molar-refractivity contribution is 6.22. The van der Waals surface area contributed by atoms with Crippen LogP contribution in [-0.2, 0) is 0 Å². The van der Waals surface area contributed by atoms with Crippen LogP contribution in [0.15, 0.2) is 231 Å². The Kier molecular flexibility index (Phi) is 7.96. The maximum atomic E-state index is 2.46. The molecule has 0 atom stereocenters. The number of hydrogen-bond acceptors (Lipinski definition) is 0. The van der Waals surface area contributed by atoms with E-state index in [2.05, 4.69) is 231 Å². The van der Waals surface area contributed by atoms with Gasteiger partial charge in [0, 0.05) is 0 Å². The van der Waals surface area contributed by atoms with Crippen molar-refractivity contribution in [1.82, 2.24) is 0 Å². The van der Waals surface area contributed by atoms with Crippen LogP contribution in [0.1, 0.15) is 0 Å². The van der Waals surface area contributed by atoms with Gasteiger partial charge in [-0.15, -0.1) is 0 Å². The van der Waals surface area contributed by atoms with Crippen molar-refractivity contribution in [2.45, 2.75) is 0 Å². The van der Waals surface area contributed by atoms with E-state index in [9.17, 15) is 0 Å². The molecule has 0 spiro atoms. The first-order valence-electron chi connectivity index (χ1n) is 20.8. The predicted molar refractivity (Wildman–Crippen MR) is 259 cm³/mol. The van der Waals surface area contributed by atoms with Gasteiger partial charge < -0.3 is 0 Å². The van der Waals surface area contributed by atoms with E-state index in [-0.39, 0.29) is 0 Å². The lowest BCUT2D eigenvalue weighted by Gasteiger charge is -2.20. The Balaban J connectivity index is 1.17. The van der Waals surface area contributed by atoms with Crippen molar-refractivity contribution < 1.29 is 0 Å². The third kappa shape index (κ3) is 5.46. The van der Waals surface area contributed by atoms with E-state index >= 15 is 0 Å². The first-order chi connectivity index (χ1) is 29.8. The molecular formula is C60H38. The largest absolute Gasteiger partial charge is 0.0622 e. The number of benzene rings is 12. The zero-order chi connectivity index (χ0) is 39.6. The third-order valence-electron chi connectivity index (χ3n) is 12.6. The SMILES string of the molecule is c1ccc(-c2c3ccccc3c(-c3ccc4cc(-c5cccc6ccccc56)cc(-c5ccccc5-c5cc6ccccc6c6ccccc56)c4c3)c3ccccc23)cc1. The maximum Gasteiger partial charge on any atom is -0.00261 e. The van der Waals surface area contributed by atoms with Crippen LogP contribution in [0.2, 0.25) is 0 Å². The van der Waals surface area contributed by atoms with E-state index in [0.717, 1.165) is 0 Å². The smallest absolute Gasteiger partial charge is 0.00261 e. The molecule has 12 rings (SSSR count). The Labute approximate surface area is 349 Å². The molecule has 0 fully saturated rings. The first-order valence-corrected chi connectivity index (χ1v) is 20.8. The Morgan fingerprint density at radius 2 is 0.633 bits per heavy atom. The maximum absolute atomic E-state index is 2.46. The summed E-state index contributed by atoms with van der Waals surface area (Å²) in [6.45, 7) is 0. The normalized spacial score (nSPS) is 11.7. The van der Waals surface area contributed by atoms with Crippen molar-refractivity contribution in [2.75, 3.05) is 0 Å². The molecule has 0 saturated heterocycles. The van der Waals surface area contributed by atoms with Crippen molar-refractivity contribution in [3.63, 3.8) is 0 Å². The Morgan fingerprint density at radius 1 is 0.167 bits per heavy atom. The second-order valence-electron chi connectivity index (χ2n) is 15.9. The molecule has 0 aliphatic rings. The topological polar surface area (TPSA) is 0 Å². The molecule has 0 heteroatoms. The highest BCUT2D eigenvalue weighted by atomic mass is 14.2. The molecule has 0 N–H and O–H groups in total. The van der Waals surface area contributed by atoms with Gasteiger partial charge in [-0.3, -0.25) is 0 Å². The summed E-state index contributed by atoms with van der Waals surface area (Å²) in [6, 6.07) is 85.3. The van der Waals surface area contributed by atoms with Crippen LogP contribution in [0.25, 0.3) is 120 Å². The Bertz CT molecular complexity index is 3590. The zero-order valence-electron chi connectivity index (χ0n) is 32.9. The van der Waals surface area contributed by atoms with Crippen molar-refractivity contribution >= 4 is 64.6 Å². The van der Waals surface area contributed by atoms with Gasteiger partial charge in [-0.1, -0.05) is 206 Å². The summed E-state index contributed by atoms with van der Waals surface area (Å²) >= 11 is 0. The zero-order valence-corrected chi connectivity index (χ0v) is 32.9. The lowest BCUT2D eigenvalue weighted by Crippen LogP contribution is -1.93. The number of hydrogen-bond donors (Lipinski definition) is 0. The molecule has 278 valence electrons. The van der Waals surface area contributed by atoms with Crippen LogP contribution in [0, 0.1) is 0 Å². The quantitative estimate of drug-likeness (QED) is 0.121. The van der Waals surface area contributed by atoms with Crippen molar-refractivity contribution in [3.8, 4) is 55.6 Å². The van der Waals surface area contributed by atoms with Crippen LogP contribution >= 0.6 is 0 Å². The summed E-state index contributed by atoms with van der Waals surface area (Å²) in [6.07, 6.45) is 0. The molecule has 60 heavy (non-hydrogen) atoms. The second-order valence-corrected chi connectivity index (χ2v) is 15.9. The number of fused-ring (bicyclic) bond motifs is 7. The summed E-state index contributed by atoms with van der Waals surface area (Å²) in [5, 5.41) is 15.0. The van der Waals surface area contributed by atoms with Crippen molar-refractivity contribution in [2.24, 2.45) is 0 Å². The molecule has 0 saturated carbocycles. The van der Waals surface area contributed by atoms with Gasteiger partial charge >= 0.3 is 0 Å². The molecule has 0 aliphatic heterocycles. The van der Waals surface area contributed by atoms with Gasteiger partial charge in [0.1, 0.15) is 0 Å². The van der Waals surface area contributed by atoms with Crippen LogP contribution in [0.5, 0.6) is 0 Å². The number of rotatable bonds is 5. The van der Waals surface area contributed by atoms with Crippen LogP contribution < -0.4 is 0 Å². The van der Waals surface area contributed by atoms with Gasteiger partial charge in [0.15, 0.2) is 0 Å². The van der Waals surface area contributed by atoms with Crippen LogP contribution in [0.4, 0.5) is 0 Å². The van der Waals surface area contributed by atoms with Crippen LogP contribution in [0.3, 0.4) is 0 Å². The Hall–Kier alpha value is -7.80. The fourth-order valence-electron chi connectivity index (χ4n) is 9.95. The van der Waals surface area contributed by atoms with Gasteiger partial charge in [-0.05, 0) is 145 Å². The Morgan fingerprint density at radius 3 is 1.32 bits per heavy atom. The minimum atomic E-state index is 1.21. The molecule has 12 aromatic rings. The second kappa shape index (κ2) is 13.9. The highest BCUT2D eigenvalue weighted by Crippen LogP contribution is 2.47. The van der Waals surface area contributed by atoms with E-state index in [4.69, 9.17) is 0 Å². The van der Waals surface area contributed by atoms with Crippen molar-refractivity contribution in [1.29, 1.82) is 0 Å². The average Bonchev–Trinajstić information content (AvgIpc) is 3.32. The van der Waals surface area contributed by atoms with Gasteiger partial charge in [-0.2, -0.15) is 0 Å². The van der Waals surface area contributed by atoms with Gasteiger partial charge in [0.25, 0.3) is 0 Å². The minimum Gasteiger partial charge on any atom is -0.0622 e. The molecule has 0 bridgehead atoms. The van der Waals surface area contributed by atoms with E-state index in [1.54, 1.807) is 0 Å². The van der Waals surface area contributed by atoms with E-state index in [1.807, 2.05) is 0 Å². The summed E-state index contributed by atoms with van der Waals surface area (Å²) in [4.78, 5) is 0. The summed E-state index contributed by atoms with van der Waals surface area (Å²) in [5.41, 5.74) is 12.3. The molecule has 0 radical (unpaired) electrons. The fourth-order valence-corrected chi connectivity index (χ4v) is 9.95. The summed E-state index contributed by atoms with van der Waals surface area (Å²) in [5.74, 6) is 0. The average molecular weight is 759 g/mol. The van der Waals surface area contributed by atoms with Crippen molar-refractivity contribution in [3.05, 3.63) is 231 Å². The predicted octanol–water partition coefficient (Wildman–Crippen LogP) is 16.9. The molecule has 12 aromatic carbocycles. The molecule has 0 aromatic heterocycles. The molecule has 0 nitrogen and oxygen atoms in total. The lowest BCUT2D eigenvalue weighted by atomic mass is 9.83. The van der Waals surface area contributed by atoms with E-state index < -0.39 is 0 Å². The fraction of sp³-hybridized carbons (Fsp3) is 0. The van der Waals surface area contributed by atoms with Crippen LogP contribution in [-0.4, -0.2) is 0 Å². The van der Waals surface area contributed by atoms with E-state index in [1.165, 1.54) is 120 Å². The summed E-state index contributed by atoms with van der Waals surface area (Å²) < 4.78 is 0. The molecule has 0 unspecified atom stereocenters. The minimum absolute atomic E-state index is 1.21. The highest BCUT2D eigenvalue weighted by Gasteiger charge is 2.20. The molecular weight excluding hydrogens is 721 g/mol. The summed E-state index contributed by atoms with van der Waals surface area (Å²) in [7, 11) is 0. The van der Waals surface area contributed by atoms with Gasteiger partial charge in [0.05, 0.1) is 0 Å². The molecule has 0 aliphatic carbocycles. The van der Waals surface area contributed by atoms with Gasteiger partial charge in [0.2, 0.25) is 0 Å². The first kappa shape index (κ1) is 34.3. The monoisotopic (exact) mass is 758 g/mol. The third-order valence-corrected chi connectivity index (χ3v) is 12.6.